The Balaban J connectivity index is 2.08. The van der Waals surface area contributed by atoms with Crippen molar-refractivity contribution in [2.75, 3.05) is 18.5 Å². The standard InChI is InChI=1S/C22H25ClN2O6/c1-4-10-30-19-17(23)11-15(12-18(19)29-5-2)22(28)31-13(3)21(27)25-16-8-6-14(7-9-16)20(24)26/h6-9,11-13H,4-5,10H2,1-3H3,(H2,24,26)(H,25,27). The number of ether oxygens (including phenoxy) is 3. The van der Waals surface area contributed by atoms with Gasteiger partial charge in [0.05, 0.1) is 23.8 Å². The van der Waals surface area contributed by atoms with Crippen LogP contribution in [0.2, 0.25) is 5.02 Å². The lowest BCUT2D eigenvalue weighted by atomic mass is 10.2. The first-order valence-corrected chi connectivity index (χ1v) is 10.1. The van der Waals surface area contributed by atoms with Crippen molar-refractivity contribution in [3.8, 4) is 11.5 Å². The summed E-state index contributed by atoms with van der Waals surface area (Å²) in [6.45, 7) is 5.99. The van der Waals surface area contributed by atoms with Crippen LogP contribution in [-0.4, -0.2) is 37.1 Å². The molecule has 31 heavy (non-hydrogen) atoms. The number of esters is 1. The zero-order valence-electron chi connectivity index (χ0n) is 17.6. The van der Waals surface area contributed by atoms with E-state index in [9.17, 15) is 14.4 Å². The van der Waals surface area contributed by atoms with Crippen molar-refractivity contribution in [1.29, 1.82) is 0 Å². The summed E-state index contributed by atoms with van der Waals surface area (Å²) in [7, 11) is 0. The van der Waals surface area contributed by atoms with Gasteiger partial charge < -0.3 is 25.3 Å². The highest BCUT2D eigenvalue weighted by Crippen LogP contribution is 2.37. The monoisotopic (exact) mass is 448 g/mol. The molecule has 3 N–H and O–H groups in total. The van der Waals surface area contributed by atoms with E-state index in [1.807, 2.05) is 6.92 Å². The van der Waals surface area contributed by atoms with Crippen molar-refractivity contribution >= 4 is 35.1 Å². The van der Waals surface area contributed by atoms with Gasteiger partial charge in [-0.05, 0) is 56.7 Å². The van der Waals surface area contributed by atoms with E-state index in [0.29, 0.717) is 36.0 Å². The molecule has 9 heteroatoms. The number of rotatable bonds is 10. The van der Waals surface area contributed by atoms with Crippen LogP contribution >= 0.6 is 11.6 Å². The molecule has 0 spiro atoms. The van der Waals surface area contributed by atoms with Crippen molar-refractivity contribution in [2.45, 2.75) is 33.3 Å². The Morgan fingerprint density at radius 3 is 2.32 bits per heavy atom. The number of benzene rings is 2. The summed E-state index contributed by atoms with van der Waals surface area (Å²) >= 11 is 6.27. The fourth-order valence-corrected chi connectivity index (χ4v) is 2.80. The molecule has 0 aliphatic carbocycles. The predicted octanol–water partition coefficient (Wildman–Crippen LogP) is 3.81. The molecular formula is C22H25ClN2O6. The molecule has 0 radical (unpaired) electrons. The lowest BCUT2D eigenvalue weighted by molar-refractivity contribution is -0.123. The average Bonchev–Trinajstić information content (AvgIpc) is 2.73. The topological polar surface area (TPSA) is 117 Å². The Hall–Kier alpha value is -3.26. The minimum absolute atomic E-state index is 0.128. The smallest absolute Gasteiger partial charge is 0.339 e. The third-order valence-corrected chi connectivity index (χ3v) is 4.37. The fraction of sp³-hybridized carbons (Fsp3) is 0.318. The highest BCUT2D eigenvalue weighted by molar-refractivity contribution is 6.32. The van der Waals surface area contributed by atoms with Crippen LogP contribution < -0.4 is 20.5 Å². The van der Waals surface area contributed by atoms with Crippen LogP contribution in [0.3, 0.4) is 0 Å². The van der Waals surface area contributed by atoms with Gasteiger partial charge in [-0.1, -0.05) is 18.5 Å². The molecule has 2 aromatic rings. The minimum atomic E-state index is -1.09. The van der Waals surface area contributed by atoms with Crippen molar-refractivity contribution in [3.63, 3.8) is 0 Å². The van der Waals surface area contributed by atoms with E-state index in [4.69, 9.17) is 31.5 Å². The average molecular weight is 449 g/mol. The minimum Gasteiger partial charge on any atom is -0.490 e. The molecule has 166 valence electrons. The first-order valence-electron chi connectivity index (χ1n) is 9.77. The number of primary amides is 1. The number of anilines is 1. The molecule has 0 heterocycles. The number of hydrogen-bond acceptors (Lipinski definition) is 6. The quantitative estimate of drug-likeness (QED) is 0.534. The van der Waals surface area contributed by atoms with Gasteiger partial charge in [0.25, 0.3) is 5.91 Å². The van der Waals surface area contributed by atoms with Gasteiger partial charge in [-0.15, -0.1) is 0 Å². The van der Waals surface area contributed by atoms with Crippen LogP contribution in [-0.2, 0) is 9.53 Å². The Kier molecular flexibility index (Phi) is 8.69. The van der Waals surface area contributed by atoms with Gasteiger partial charge in [0.1, 0.15) is 0 Å². The van der Waals surface area contributed by atoms with Crippen molar-refractivity contribution in [2.24, 2.45) is 5.73 Å². The maximum Gasteiger partial charge on any atom is 0.339 e. The van der Waals surface area contributed by atoms with E-state index in [1.165, 1.54) is 43.3 Å². The lowest BCUT2D eigenvalue weighted by Crippen LogP contribution is -2.30. The second-order valence-corrected chi connectivity index (χ2v) is 6.95. The maximum atomic E-state index is 12.6. The molecule has 8 nitrogen and oxygen atoms in total. The van der Waals surface area contributed by atoms with E-state index in [0.717, 1.165) is 6.42 Å². The highest BCUT2D eigenvalue weighted by atomic mass is 35.5. The maximum absolute atomic E-state index is 12.6. The molecule has 2 aromatic carbocycles. The summed E-state index contributed by atoms with van der Waals surface area (Å²) in [6, 6.07) is 8.88. The second kappa shape index (κ2) is 11.2. The van der Waals surface area contributed by atoms with Crippen LogP contribution in [0.4, 0.5) is 5.69 Å². The zero-order valence-corrected chi connectivity index (χ0v) is 18.3. The number of nitrogens with two attached hydrogens (primary N) is 1. The second-order valence-electron chi connectivity index (χ2n) is 6.55. The zero-order chi connectivity index (χ0) is 23.0. The van der Waals surface area contributed by atoms with Gasteiger partial charge in [-0.25, -0.2) is 4.79 Å². The molecular weight excluding hydrogens is 424 g/mol. The van der Waals surface area contributed by atoms with Crippen LogP contribution in [0.1, 0.15) is 47.9 Å². The first-order chi connectivity index (χ1) is 14.8. The molecule has 1 atom stereocenters. The number of hydrogen-bond donors (Lipinski definition) is 2. The predicted molar refractivity (Wildman–Crippen MR) is 117 cm³/mol. The van der Waals surface area contributed by atoms with Crippen LogP contribution in [0.15, 0.2) is 36.4 Å². The van der Waals surface area contributed by atoms with Crippen LogP contribution in [0, 0.1) is 0 Å². The van der Waals surface area contributed by atoms with Crippen molar-refractivity contribution in [1.82, 2.24) is 0 Å². The van der Waals surface area contributed by atoms with E-state index < -0.39 is 23.9 Å². The summed E-state index contributed by atoms with van der Waals surface area (Å²) in [5.74, 6) is -1.18. The molecule has 0 saturated heterocycles. The number of halogens is 1. The third kappa shape index (κ3) is 6.62. The number of amides is 2. The van der Waals surface area contributed by atoms with Crippen molar-refractivity contribution in [3.05, 3.63) is 52.5 Å². The normalized spacial score (nSPS) is 11.4. The molecule has 0 fully saturated rings. The number of carbonyl (C=O) groups excluding carboxylic acids is 3. The van der Waals surface area contributed by atoms with Gasteiger partial charge in [0, 0.05) is 11.3 Å². The highest BCUT2D eigenvalue weighted by Gasteiger charge is 2.22. The van der Waals surface area contributed by atoms with E-state index in [-0.39, 0.29) is 10.6 Å². The van der Waals surface area contributed by atoms with Crippen molar-refractivity contribution < 1.29 is 28.6 Å². The molecule has 0 aromatic heterocycles. The van der Waals surface area contributed by atoms with E-state index in [1.54, 1.807) is 6.92 Å². The molecule has 2 amide bonds. The molecule has 1 unspecified atom stereocenters. The summed E-state index contributed by atoms with van der Waals surface area (Å²) < 4.78 is 16.4. The Morgan fingerprint density at radius 2 is 1.74 bits per heavy atom. The summed E-state index contributed by atoms with van der Waals surface area (Å²) in [5.41, 5.74) is 6.05. The molecule has 0 aliphatic heterocycles. The van der Waals surface area contributed by atoms with Gasteiger partial charge in [0.15, 0.2) is 17.6 Å². The van der Waals surface area contributed by atoms with Crippen LogP contribution in [0.5, 0.6) is 11.5 Å². The van der Waals surface area contributed by atoms with Gasteiger partial charge in [-0.2, -0.15) is 0 Å². The lowest BCUT2D eigenvalue weighted by Gasteiger charge is -2.16. The summed E-state index contributed by atoms with van der Waals surface area (Å²) in [6.07, 6.45) is -0.308. The fourth-order valence-electron chi connectivity index (χ4n) is 2.54. The van der Waals surface area contributed by atoms with Gasteiger partial charge in [0.2, 0.25) is 5.91 Å². The molecule has 0 aliphatic rings. The Morgan fingerprint density at radius 1 is 1.06 bits per heavy atom. The van der Waals surface area contributed by atoms with Gasteiger partial charge in [-0.3, -0.25) is 9.59 Å². The Bertz CT molecular complexity index is 946. The molecule has 2 rings (SSSR count). The van der Waals surface area contributed by atoms with E-state index >= 15 is 0 Å². The van der Waals surface area contributed by atoms with E-state index in [2.05, 4.69) is 5.32 Å². The third-order valence-electron chi connectivity index (χ3n) is 4.09. The van der Waals surface area contributed by atoms with Crippen LogP contribution in [0.25, 0.3) is 0 Å². The SMILES string of the molecule is CCCOc1c(Cl)cc(C(=O)OC(C)C(=O)Nc2ccc(C(N)=O)cc2)cc1OCC. The molecule has 0 saturated carbocycles. The number of carbonyl (C=O) groups is 3. The molecule has 0 bridgehead atoms. The van der Waals surface area contributed by atoms with Gasteiger partial charge >= 0.3 is 5.97 Å². The number of nitrogens with one attached hydrogen (secondary N) is 1. The summed E-state index contributed by atoms with van der Waals surface area (Å²) in [5, 5.41) is 2.81. The summed E-state index contributed by atoms with van der Waals surface area (Å²) in [4.78, 5) is 36.0. The Labute approximate surface area is 185 Å². The first kappa shape index (κ1) is 24.0. The largest absolute Gasteiger partial charge is 0.490 e.